The highest BCUT2D eigenvalue weighted by atomic mass is 19.1. The Balaban J connectivity index is 1.25. The van der Waals surface area contributed by atoms with Gasteiger partial charge < -0.3 is 40.7 Å². The van der Waals surface area contributed by atoms with Crippen molar-refractivity contribution in [2.75, 3.05) is 27.2 Å². The predicted octanol–water partition coefficient (Wildman–Crippen LogP) is 0.401. The number of carboxylic acid groups (broad SMARTS) is 1. The SMILES string of the molecule is CN(C)CCCCNC1C(F)CC2C(=O)C(C(=O)O)=CN3C4CC5OC6CC(N)CCC6NC5CC4OC1C23. The third-order valence-corrected chi connectivity index (χ3v) is 10.0. The van der Waals surface area contributed by atoms with E-state index in [0.717, 1.165) is 38.6 Å². The Hall–Kier alpha value is -1.63. The molecule has 39 heavy (non-hydrogen) atoms. The second-order valence-electron chi connectivity index (χ2n) is 12.8. The smallest absolute Gasteiger partial charge is 0.340 e. The van der Waals surface area contributed by atoms with Crippen molar-refractivity contribution >= 4 is 11.8 Å². The minimum atomic E-state index is -1.29. The summed E-state index contributed by atoms with van der Waals surface area (Å²) in [6, 6.07) is -0.527. The number of hydrogen-bond acceptors (Lipinski definition) is 9. The minimum absolute atomic E-state index is 0.00296. The van der Waals surface area contributed by atoms with Crippen LogP contribution in [-0.2, 0) is 19.1 Å². The van der Waals surface area contributed by atoms with Crippen LogP contribution in [0.5, 0.6) is 0 Å². The summed E-state index contributed by atoms with van der Waals surface area (Å²) in [6.45, 7) is 1.63. The van der Waals surface area contributed by atoms with E-state index in [9.17, 15) is 14.7 Å². The number of hydrogen-bond donors (Lipinski definition) is 4. The highest BCUT2D eigenvalue weighted by Crippen LogP contribution is 2.47. The molecule has 0 aromatic rings. The highest BCUT2D eigenvalue weighted by molar-refractivity contribution is 6.18. The van der Waals surface area contributed by atoms with Crippen LogP contribution in [0.1, 0.15) is 51.4 Å². The molecular formula is C28H44FN5O5. The van der Waals surface area contributed by atoms with Gasteiger partial charge in [0.05, 0.1) is 42.5 Å². The zero-order chi connectivity index (χ0) is 27.4. The molecule has 2 saturated heterocycles. The molecule has 218 valence electrons. The molecule has 11 heteroatoms. The number of carboxylic acids is 1. The molecule has 3 heterocycles. The van der Waals surface area contributed by atoms with Crippen molar-refractivity contribution in [3.63, 3.8) is 0 Å². The van der Waals surface area contributed by atoms with Gasteiger partial charge in [-0.3, -0.25) is 4.79 Å². The van der Waals surface area contributed by atoms with E-state index in [-0.39, 0.29) is 54.5 Å². The van der Waals surface area contributed by atoms with Crippen LogP contribution in [-0.4, -0.2) is 121 Å². The first-order chi connectivity index (χ1) is 18.7. The van der Waals surface area contributed by atoms with E-state index in [4.69, 9.17) is 15.2 Å². The zero-order valence-electron chi connectivity index (χ0n) is 23.0. The number of rotatable bonds is 7. The summed E-state index contributed by atoms with van der Waals surface area (Å²) >= 11 is 0. The number of unbranched alkanes of at least 4 members (excludes halogenated alkanes) is 1. The van der Waals surface area contributed by atoms with Gasteiger partial charge in [-0.15, -0.1) is 0 Å². The van der Waals surface area contributed by atoms with E-state index in [1.165, 1.54) is 6.20 Å². The van der Waals surface area contributed by atoms with E-state index in [2.05, 4.69) is 20.4 Å². The fourth-order valence-corrected chi connectivity index (χ4v) is 8.12. The Morgan fingerprint density at radius 1 is 1.15 bits per heavy atom. The molecule has 6 rings (SSSR count). The molecule has 12 unspecified atom stereocenters. The summed E-state index contributed by atoms with van der Waals surface area (Å²) < 4.78 is 29.1. The lowest BCUT2D eigenvalue weighted by atomic mass is 9.69. The van der Waals surface area contributed by atoms with E-state index < -0.39 is 42.0 Å². The Labute approximate surface area is 229 Å². The summed E-state index contributed by atoms with van der Waals surface area (Å²) in [5.41, 5.74) is 5.98. The summed E-state index contributed by atoms with van der Waals surface area (Å²) in [6.07, 6.45) is 5.60. The number of nitrogens with zero attached hydrogens (tertiary/aromatic N) is 2. The molecule has 10 nitrogen and oxygen atoms in total. The van der Waals surface area contributed by atoms with E-state index in [1.807, 2.05) is 14.1 Å². The van der Waals surface area contributed by atoms with Gasteiger partial charge in [-0.2, -0.15) is 0 Å². The molecule has 5 fully saturated rings. The van der Waals surface area contributed by atoms with E-state index in [1.54, 1.807) is 0 Å². The van der Waals surface area contributed by atoms with Crippen LogP contribution in [0.2, 0.25) is 0 Å². The van der Waals surface area contributed by atoms with Gasteiger partial charge in [-0.25, -0.2) is 9.18 Å². The molecule has 0 aromatic heterocycles. The lowest BCUT2D eigenvalue weighted by Crippen LogP contribution is -2.75. The normalized spacial score (nSPS) is 45.1. The first kappa shape index (κ1) is 27.5. The Bertz CT molecular complexity index is 982. The molecule has 0 radical (unpaired) electrons. The molecular weight excluding hydrogens is 505 g/mol. The van der Waals surface area contributed by atoms with Crippen LogP contribution in [0.25, 0.3) is 0 Å². The number of aliphatic carboxylic acids is 1. The molecule has 3 aliphatic carbocycles. The molecule has 5 N–H and O–H groups in total. The van der Waals surface area contributed by atoms with Gasteiger partial charge in [-0.05, 0) is 78.6 Å². The van der Waals surface area contributed by atoms with Gasteiger partial charge in [0.1, 0.15) is 11.7 Å². The van der Waals surface area contributed by atoms with E-state index >= 15 is 4.39 Å². The van der Waals surface area contributed by atoms with Gasteiger partial charge in [-0.1, -0.05) is 0 Å². The summed E-state index contributed by atoms with van der Waals surface area (Å²) in [7, 11) is 4.08. The monoisotopic (exact) mass is 549 g/mol. The fraction of sp³-hybridized carbons (Fsp3) is 0.857. The molecule has 3 saturated carbocycles. The standard InChI is InChI=1S/C28H44FN5O5/c1-33(2)8-4-3-7-31-24-17(29)10-15-25-27(24)39-23-11-19-22(38-21-9-14(30)5-6-18(21)32-19)12-20(23)34(25)13-16(26(15)35)28(36)37/h13-15,17-25,27,31-32H,3-12,30H2,1-2H3,(H,36,37). The number of carbonyl (C=O) groups is 2. The fourth-order valence-electron chi connectivity index (χ4n) is 8.12. The number of fused-ring (bicyclic) bond motifs is 4. The Morgan fingerprint density at radius 3 is 2.72 bits per heavy atom. The van der Waals surface area contributed by atoms with Crippen molar-refractivity contribution in [3.05, 3.63) is 11.8 Å². The number of Topliss-reactive ketones (excluding diaryl/α,β-unsaturated/α-hetero) is 1. The van der Waals surface area contributed by atoms with Crippen molar-refractivity contribution in [2.45, 2.75) is 118 Å². The topological polar surface area (TPSA) is 129 Å². The average molecular weight is 550 g/mol. The number of carbonyl (C=O) groups excluding carboxylic acids is 1. The zero-order valence-corrected chi connectivity index (χ0v) is 23.0. The molecule has 3 aliphatic heterocycles. The van der Waals surface area contributed by atoms with Crippen LogP contribution in [0.3, 0.4) is 0 Å². The van der Waals surface area contributed by atoms with Crippen LogP contribution in [0, 0.1) is 5.92 Å². The van der Waals surface area contributed by atoms with Crippen molar-refractivity contribution < 1.29 is 28.6 Å². The maximum absolute atomic E-state index is 15.7. The van der Waals surface area contributed by atoms with Crippen molar-refractivity contribution in [1.82, 2.24) is 20.4 Å². The predicted molar refractivity (Wildman–Crippen MR) is 142 cm³/mol. The second kappa shape index (κ2) is 11.0. The number of alkyl halides is 1. The Kier molecular flexibility index (Phi) is 7.75. The van der Waals surface area contributed by atoms with Crippen molar-refractivity contribution in [3.8, 4) is 0 Å². The second-order valence-corrected chi connectivity index (χ2v) is 12.8. The van der Waals surface area contributed by atoms with Crippen molar-refractivity contribution in [2.24, 2.45) is 11.7 Å². The summed E-state index contributed by atoms with van der Waals surface area (Å²) in [4.78, 5) is 29.5. The highest BCUT2D eigenvalue weighted by Gasteiger charge is 2.60. The summed E-state index contributed by atoms with van der Waals surface area (Å²) in [5.74, 6) is -2.47. The lowest BCUT2D eigenvalue weighted by molar-refractivity contribution is -0.222. The number of morpholine rings is 2. The van der Waals surface area contributed by atoms with Gasteiger partial charge in [0.25, 0.3) is 0 Å². The molecule has 0 spiro atoms. The first-order valence-corrected chi connectivity index (χ1v) is 14.8. The van der Waals surface area contributed by atoms with Crippen molar-refractivity contribution in [1.29, 1.82) is 0 Å². The third kappa shape index (κ3) is 5.15. The summed E-state index contributed by atoms with van der Waals surface area (Å²) in [5, 5.41) is 17.1. The minimum Gasteiger partial charge on any atom is -0.478 e. The number of halogens is 1. The van der Waals surface area contributed by atoms with Gasteiger partial charge in [0, 0.05) is 30.2 Å². The van der Waals surface area contributed by atoms with E-state index in [0.29, 0.717) is 19.4 Å². The third-order valence-electron chi connectivity index (χ3n) is 10.0. The Morgan fingerprint density at radius 2 is 1.95 bits per heavy atom. The largest absolute Gasteiger partial charge is 0.478 e. The molecule has 6 aliphatic rings. The maximum atomic E-state index is 15.7. The maximum Gasteiger partial charge on any atom is 0.340 e. The van der Waals surface area contributed by atoms with Crippen LogP contribution < -0.4 is 16.4 Å². The number of ketones is 1. The number of ether oxygens (including phenoxy) is 2. The number of nitrogens with two attached hydrogens (primary N) is 1. The number of nitrogens with one attached hydrogen (secondary N) is 2. The van der Waals surface area contributed by atoms with Crippen LogP contribution in [0.15, 0.2) is 11.8 Å². The molecule has 12 atom stereocenters. The quantitative estimate of drug-likeness (QED) is 0.262. The lowest BCUT2D eigenvalue weighted by Gasteiger charge is -2.61. The average Bonchev–Trinajstić information content (AvgIpc) is 2.88. The van der Waals surface area contributed by atoms with Crippen LogP contribution in [0.4, 0.5) is 4.39 Å². The van der Waals surface area contributed by atoms with Gasteiger partial charge in [0.15, 0.2) is 5.78 Å². The van der Waals surface area contributed by atoms with Crippen LogP contribution >= 0.6 is 0 Å². The van der Waals surface area contributed by atoms with Gasteiger partial charge >= 0.3 is 5.97 Å². The first-order valence-electron chi connectivity index (χ1n) is 14.8. The molecule has 0 bridgehead atoms. The molecule has 0 amide bonds. The molecule has 0 aromatic carbocycles. The van der Waals surface area contributed by atoms with Gasteiger partial charge in [0.2, 0.25) is 0 Å².